The number of hydrogen-bond acceptors (Lipinski definition) is 4. The van der Waals surface area contributed by atoms with E-state index in [0.717, 1.165) is 24.2 Å². The van der Waals surface area contributed by atoms with E-state index in [2.05, 4.69) is 9.97 Å². The van der Waals surface area contributed by atoms with E-state index in [9.17, 15) is 9.59 Å². The van der Waals surface area contributed by atoms with Crippen molar-refractivity contribution in [1.82, 2.24) is 14.9 Å². The van der Waals surface area contributed by atoms with Crippen LogP contribution >= 0.6 is 0 Å². The summed E-state index contributed by atoms with van der Waals surface area (Å²) < 4.78 is 5.35. The highest BCUT2D eigenvalue weighted by Gasteiger charge is 2.31. The molecule has 0 spiro atoms. The molecule has 2 aromatic rings. The topological polar surface area (TPSA) is 75.3 Å². The number of aryl methyl sites for hydroxylation is 2. The molecule has 1 amide bonds. The number of methoxy groups -OCH3 is 1. The van der Waals surface area contributed by atoms with Gasteiger partial charge in [0.25, 0.3) is 5.56 Å². The van der Waals surface area contributed by atoms with Crippen molar-refractivity contribution in [2.24, 2.45) is 0 Å². The fourth-order valence-electron chi connectivity index (χ4n) is 3.40. The molecule has 0 aliphatic carbocycles. The molecule has 1 saturated heterocycles. The number of H-pyrrole nitrogens is 1. The number of carbonyl (C=O) groups is 1. The smallest absolute Gasteiger partial charge is 0.251 e. The number of nitrogens with zero attached hydrogens (tertiary/aromatic N) is 2. The minimum Gasteiger partial charge on any atom is -0.496 e. The lowest BCUT2D eigenvalue weighted by Crippen LogP contribution is -2.32. The lowest BCUT2D eigenvalue weighted by atomic mass is 10.1. The zero-order valence-electron chi connectivity index (χ0n) is 14.6. The monoisotopic (exact) mass is 341 g/mol. The maximum atomic E-state index is 12.7. The van der Waals surface area contributed by atoms with Gasteiger partial charge in [-0.2, -0.15) is 0 Å². The third-order valence-electron chi connectivity index (χ3n) is 4.58. The van der Waals surface area contributed by atoms with Crippen LogP contribution in [0.3, 0.4) is 0 Å². The molecule has 6 heteroatoms. The number of benzene rings is 1. The van der Waals surface area contributed by atoms with Crippen molar-refractivity contribution in [2.45, 2.75) is 38.6 Å². The molecular formula is C19H23N3O3. The Morgan fingerprint density at radius 3 is 2.96 bits per heavy atom. The van der Waals surface area contributed by atoms with Gasteiger partial charge in [-0.05, 0) is 37.8 Å². The Hall–Kier alpha value is -2.63. The number of aromatic nitrogens is 2. The third kappa shape index (κ3) is 3.90. The summed E-state index contributed by atoms with van der Waals surface area (Å²) in [7, 11) is 1.64. The predicted octanol–water partition coefficient (Wildman–Crippen LogP) is 2.38. The van der Waals surface area contributed by atoms with E-state index < -0.39 is 0 Å². The van der Waals surface area contributed by atoms with E-state index in [1.54, 1.807) is 14.0 Å². The largest absolute Gasteiger partial charge is 0.496 e. The molecule has 1 atom stereocenters. The molecule has 132 valence electrons. The Balaban J connectivity index is 1.71. The summed E-state index contributed by atoms with van der Waals surface area (Å²) in [5.41, 5.74) is 1.53. The lowest BCUT2D eigenvalue weighted by Gasteiger charge is -2.24. The van der Waals surface area contributed by atoms with Gasteiger partial charge >= 0.3 is 0 Å². The number of carbonyl (C=O) groups excluding carboxylic acids is 1. The number of hydrogen-bond donors (Lipinski definition) is 1. The lowest BCUT2D eigenvalue weighted by molar-refractivity contribution is -0.132. The van der Waals surface area contributed by atoms with Gasteiger partial charge in [-0.3, -0.25) is 9.59 Å². The van der Waals surface area contributed by atoms with E-state index in [-0.39, 0.29) is 17.5 Å². The van der Waals surface area contributed by atoms with E-state index in [4.69, 9.17) is 4.74 Å². The summed E-state index contributed by atoms with van der Waals surface area (Å²) in [6.45, 7) is 2.49. The molecule has 1 fully saturated rings. The van der Waals surface area contributed by atoms with Crippen molar-refractivity contribution >= 4 is 5.91 Å². The van der Waals surface area contributed by atoms with Gasteiger partial charge in [-0.15, -0.1) is 0 Å². The minimum atomic E-state index is -0.171. The Kier molecular flexibility index (Phi) is 5.16. The Labute approximate surface area is 146 Å². The highest BCUT2D eigenvalue weighted by Crippen LogP contribution is 2.30. The first kappa shape index (κ1) is 17.2. The Bertz CT molecular complexity index is 816. The molecule has 1 N–H and O–H groups in total. The molecule has 0 saturated carbocycles. The van der Waals surface area contributed by atoms with Crippen LogP contribution in [0.2, 0.25) is 0 Å². The quantitative estimate of drug-likeness (QED) is 0.906. The number of likely N-dealkylation sites (tertiary alicyclic amines) is 1. The van der Waals surface area contributed by atoms with E-state index in [1.165, 1.54) is 6.07 Å². The minimum absolute atomic E-state index is 0.0811. The highest BCUT2D eigenvalue weighted by molar-refractivity contribution is 5.77. The molecule has 3 rings (SSSR count). The van der Waals surface area contributed by atoms with Gasteiger partial charge in [0.1, 0.15) is 11.6 Å². The van der Waals surface area contributed by atoms with Crippen molar-refractivity contribution in [3.05, 3.63) is 57.8 Å². The Morgan fingerprint density at radius 2 is 2.20 bits per heavy atom. The maximum Gasteiger partial charge on any atom is 0.251 e. The third-order valence-corrected chi connectivity index (χ3v) is 4.58. The van der Waals surface area contributed by atoms with Crippen molar-refractivity contribution < 1.29 is 9.53 Å². The van der Waals surface area contributed by atoms with Gasteiger partial charge in [0.05, 0.1) is 13.2 Å². The first-order valence-electron chi connectivity index (χ1n) is 8.57. The number of para-hydroxylation sites is 1. The summed E-state index contributed by atoms with van der Waals surface area (Å²) in [5.74, 6) is 1.48. The first-order chi connectivity index (χ1) is 12.1. The van der Waals surface area contributed by atoms with Crippen LogP contribution < -0.4 is 10.3 Å². The van der Waals surface area contributed by atoms with Gasteiger partial charge in [0.2, 0.25) is 5.91 Å². The molecular weight excluding hydrogens is 318 g/mol. The molecule has 1 aliphatic rings. The molecule has 2 heterocycles. The van der Waals surface area contributed by atoms with E-state index in [0.29, 0.717) is 30.9 Å². The molecule has 25 heavy (non-hydrogen) atoms. The molecule has 0 bridgehead atoms. The summed E-state index contributed by atoms with van der Waals surface area (Å²) in [6, 6.07) is 9.07. The van der Waals surface area contributed by atoms with E-state index in [1.807, 2.05) is 29.2 Å². The number of rotatable bonds is 5. The summed E-state index contributed by atoms with van der Waals surface area (Å²) in [5, 5.41) is 0. The first-order valence-corrected chi connectivity index (χ1v) is 8.57. The summed E-state index contributed by atoms with van der Waals surface area (Å²) in [4.78, 5) is 33.5. The van der Waals surface area contributed by atoms with Gasteiger partial charge in [0.15, 0.2) is 0 Å². The van der Waals surface area contributed by atoms with Crippen LogP contribution in [0, 0.1) is 6.92 Å². The van der Waals surface area contributed by atoms with Crippen LogP contribution in [0.15, 0.2) is 35.1 Å². The van der Waals surface area contributed by atoms with Crippen molar-refractivity contribution in [3.63, 3.8) is 0 Å². The SMILES string of the molecule is COc1ccccc1CCC(=O)N1CCC[C@H]1c1nc(C)cc(=O)[nH]1. The fourth-order valence-corrected chi connectivity index (χ4v) is 3.40. The zero-order chi connectivity index (χ0) is 17.8. The van der Waals surface area contributed by atoms with Crippen LogP contribution in [0.25, 0.3) is 0 Å². The second kappa shape index (κ2) is 7.51. The van der Waals surface area contributed by atoms with E-state index >= 15 is 0 Å². The Morgan fingerprint density at radius 1 is 1.40 bits per heavy atom. The fraction of sp³-hybridized carbons (Fsp3) is 0.421. The van der Waals surface area contributed by atoms with Crippen LogP contribution in [0.4, 0.5) is 0 Å². The molecule has 0 unspecified atom stereocenters. The summed E-state index contributed by atoms with van der Waals surface area (Å²) >= 11 is 0. The zero-order valence-corrected chi connectivity index (χ0v) is 14.6. The standard InChI is InChI=1S/C19H23N3O3/c1-13-12-17(23)21-19(20-13)15-7-5-11-22(15)18(24)10-9-14-6-3-4-8-16(14)25-2/h3-4,6,8,12,15H,5,7,9-11H2,1-2H3,(H,20,21,23)/t15-/m0/s1. The normalized spacial score (nSPS) is 16.9. The molecule has 0 radical (unpaired) electrons. The van der Waals surface area contributed by atoms with Gasteiger partial charge in [-0.1, -0.05) is 18.2 Å². The van der Waals surface area contributed by atoms with Crippen LogP contribution in [-0.2, 0) is 11.2 Å². The second-order valence-electron chi connectivity index (χ2n) is 6.33. The number of nitrogens with one attached hydrogen (secondary N) is 1. The highest BCUT2D eigenvalue weighted by atomic mass is 16.5. The van der Waals surface area contributed by atoms with Gasteiger partial charge < -0.3 is 14.6 Å². The van der Waals surface area contributed by atoms with Crippen molar-refractivity contribution in [3.8, 4) is 5.75 Å². The maximum absolute atomic E-state index is 12.7. The molecule has 1 aromatic heterocycles. The predicted molar refractivity (Wildman–Crippen MR) is 94.6 cm³/mol. The van der Waals surface area contributed by atoms with Gasteiger partial charge in [-0.25, -0.2) is 4.98 Å². The van der Waals surface area contributed by atoms with Crippen molar-refractivity contribution in [2.75, 3.05) is 13.7 Å². The van der Waals surface area contributed by atoms with Crippen LogP contribution in [0.1, 0.15) is 42.4 Å². The van der Waals surface area contributed by atoms with Crippen LogP contribution in [-0.4, -0.2) is 34.4 Å². The number of aromatic amines is 1. The van der Waals surface area contributed by atoms with Crippen LogP contribution in [0.5, 0.6) is 5.75 Å². The van der Waals surface area contributed by atoms with Crippen molar-refractivity contribution in [1.29, 1.82) is 0 Å². The molecule has 1 aliphatic heterocycles. The number of amides is 1. The average molecular weight is 341 g/mol. The summed E-state index contributed by atoms with van der Waals surface area (Å²) in [6.07, 6.45) is 2.78. The molecule has 6 nitrogen and oxygen atoms in total. The van der Waals surface area contributed by atoms with Gasteiger partial charge in [0, 0.05) is 24.7 Å². The second-order valence-corrected chi connectivity index (χ2v) is 6.33. The molecule has 1 aromatic carbocycles. The average Bonchev–Trinajstić information content (AvgIpc) is 3.09. The number of ether oxygens (including phenoxy) is 1.